The molecule has 0 bridgehead atoms. The van der Waals surface area contributed by atoms with Crippen LogP contribution in [0.2, 0.25) is 0 Å². The molecule has 0 fully saturated rings. The average Bonchev–Trinajstić information content (AvgIpc) is 2.70. The third-order valence-electron chi connectivity index (χ3n) is 2.31. The highest BCUT2D eigenvalue weighted by Crippen LogP contribution is 2.24. The molecule has 3 rings (SSSR count). The first-order valence-corrected chi connectivity index (χ1v) is 5.00. The molecule has 0 spiro atoms. The van der Waals surface area contributed by atoms with Crippen LogP contribution in [0.1, 0.15) is 0 Å². The fourth-order valence-corrected chi connectivity index (χ4v) is 2.47. The van der Waals surface area contributed by atoms with E-state index in [1.54, 1.807) is 17.3 Å². The molecule has 0 saturated heterocycles. The average molecular weight is 205 g/mol. The lowest BCUT2D eigenvalue weighted by atomic mass is 10.2. The van der Waals surface area contributed by atoms with Gasteiger partial charge in [0.1, 0.15) is 5.58 Å². The van der Waals surface area contributed by atoms with E-state index in [2.05, 4.69) is 0 Å². The Kier molecular flexibility index (Phi) is 1.39. The first kappa shape index (κ1) is 7.82. The maximum absolute atomic E-state index is 11.6. The van der Waals surface area contributed by atoms with E-state index in [9.17, 15) is 4.79 Å². The van der Waals surface area contributed by atoms with Crippen molar-refractivity contribution >= 4 is 32.6 Å². The SMILES string of the molecule is Cn1sc2cc3occc3cc2c1=O. The van der Waals surface area contributed by atoms with Gasteiger partial charge in [0.15, 0.2) is 0 Å². The van der Waals surface area contributed by atoms with Crippen LogP contribution in [0, 0.1) is 0 Å². The zero-order valence-corrected chi connectivity index (χ0v) is 8.30. The smallest absolute Gasteiger partial charge is 0.268 e. The minimum atomic E-state index is 0.0631. The summed E-state index contributed by atoms with van der Waals surface area (Å²) in [5.41, 5.74) is 0.896. The highest BCUT2D eigenvalue weighted by molar-refractivity contribution is 7.13. The number of hydrogen-bond acceptors (Lipinski definition) is 3. The van der Waals surface area contributed by atoms with Gasteiger partial charge in [-0.25, -0.2) is 0 Å². The Morgan fingerprint density at radius 2 is 2.29 bits per heavy atom. The van der Waals surface area contributed by atoms with Crippen molar-refractivity contribution in [1.29, 1.82) is 0 Å². The molecule has 0 atom stereocenters. The zero-order valence-electron chi connectivity index (χ0n) is 7.48. The Balaban J connectivity index is 2.62. The van der Waals surface area contributed by atoms with Gasteiger partial charge in [0.05, 0.1) is 16.3 Å². The van der Waals surface area contributed by atoms with Gasteiger partial charge in [-0.15, -0.1) is 0 Å². The number of fused-ring (bicyclic) bond motifs is 2. The lowest BCUT2D eigenvalue weighted by Crippen LogP contribution is -2.07. The summed E-state index contributed by atoms with van der Waals surface area (Å²) in [5.74, 6) is 0. The van der Waals surface area contributed by atoms with Crippen LogP contribution in [0.4, 0.5) is 0 Å². The molecule has 3 aromatic rings. The van der Waals surface area contributed by atoms with E-state index < -0.39 is 0 Å². The maximum Gasteiger partial charge on any atom is 0.268 e. The minimum Gasteiger partial charge on any atom is -0.464 e. The number of furan rings is 1. The summed E-state index contributed by atoms with van der Waals surface area (Å²) in [6, 6.07) is 5.66. The number of benzene rings is 1. The molecular formula is C10H7NO2S. The Bertz CT molecular complexity index is 674. The minimum absolute atomic E-state index is 0.0631. The van der Waals surface area contributed by atoms with Crippen molar-refractivity contribution < 1.29 is 4.42 Å². The lowest BCUT2D eigenvalue weighted by Gasteiger charge is -1.86. The number of aromatic nitrogens is 1. The summed E-state index contributed by atoms with van der Waals surface area (Å²) in [7, 11) is 1.77. The van der Waals surface area contributed by atoms with E-state index in [4.69, 9.17) is 4.42 Å². The number of aryl methyl sites for hydroxylation is 1. The fraction of sp³-hybridized carbons (Fsp3) is 0.100. The molecule has 0 radical (unpaired) electrons. The second kappa shape index (κ2) is 2.48. The molecule has 2 heterocycles. The van der Waals surface area contributed by atoms with Crippen molar-refractivity contribution in [2.75, 3.05) is 0 Å². The molecule has 0 aliphatic carbocycles. The van der Waals surface area contributed by atoms with Crippen LogP contribution >= 0.6 is 11.5 Å². The summed E-state index contributed by atoms with van der Waals surface area (Å²) < 4.78 is 7.87. The van der Waals surface area contributed by atoms with Gasteiger partial charge < -0.3 is 4.42 Å². The normalized spacial score (nSPS) is 11.5. The van der Waals surface area contributed by atoms with Crippen molar-refractivity contribution in [3.05, 3.63) is 34.8 Å². The Morgan fingerprint density at radius 1 is 1.43 bits per heavy atom. The molecule has 2 aromatic heterocycles. The molecule has 0 aliphatic heterocycles. The lowest BCUT2D eigenvalue weighted by molar-refractivity contribution is 0.616. The third-order valence-corrected chi connectivity index (χ3v) is 3.28. The van der Waals surface area contributed by atoms with E-state index in [0.717, 1.165) is 21.1 Å². The van der Waals surface area contributed by atoms with Gasteiger partial charge in [-0.1, -0.05) is 11.5 Å². The molecule has 3 nitrogen and oxygen atoms in total. The van der Waals surface area contributed by atoms with Crippen molar-refractivity contribution in [3.8, 4) is 0 Å². The summed E-state index contributed by atoms with van der Waals surface area (Å²) in [6.07, 6.45) is 1.64. The second-order valence-electron chi connectivity index (χ2n) is 3.20. The van der Waals surface area contributed by atoms with Gasteiger partial charge in [-0.2, -0.15) is 0 Å². The summed E-state index contributed by atoms with van der Waals surface area (Å²) in [6.45, 7) is 0. The van der Waals surface area contributed by atoms with Crippen molar-refractivity contribution in [3.63, 3.8) is 0 Å². The summed E-state index contributed by atoms with van der Waals surface area (Å²) in [5, 5.41) is 1.75. The Morgan fingerprint density at radius 3 is 3.14 bits per heavy atom. The fourth-order valence-electron chi connectivity index (χ4n) is 1.59. The van der Waals surface area contributed by atoms with Gasteiger partial charge in [0.25, 0.3) is 5.56 Å². The highest BCUT2D eigenvalue weighted by atomic mass is 32.1. The van der Waals surface area contributed by atoms with Crippen LogP contribution < -0.4 is 5.56 Å². The topological polar surface area (TPSA) is 35.1 Å². The first-order valence-electron chi connectivity index (χ1n) is 4.23. The largest absolute Gasteiger partial charge is 0.464 e. The Hall–Kier alpha value is -1.55. The predicted octanol–water partition coefficient (Wildman–Crippen LogP) is 2.35. The van der Waals surface area contributed by atoms with E-state index in [-0.39, 0.29) is 5.56 Å². The van der Waals surface area contributed by atoms with Crippen LogP contribution in [0.25, 0.3) is 21.1 Å². The van der Waals surface area contributed by atoms with Gasteiger partial charge in [-0.3, -0.25) is 8.75 Å². The molecule has 0 aliphatic rings. The predicted molar refractivity (Wildman–Crippen MR) is 56.8 cm³/mol. The van der Waals surface area contributed by atoms with Crippen LogP contribution in [0.3, 0.4) is 0 Å². The monoisotopic (exact) mass is 205 g/mol. The third kappa shape index (κ3) is 0.886. The molecule has 4 heteroatoms. The van der Waals surface area contributed by atoms with E-state index in [1.165, 1.54) is 11.5 Å². The standard InChI is InChI=1S/C10H7NO2S/c1-11-10(12)7-4-6-2-3-13-8(6)5-9(7)14-11/h2-5H,1H3. The van der Waals surface area contributed by atoms with Crippen LogP contribution in [-0.2, 0) is 7.05 Å². The molecule has 0 amide bonds. The maximum atomic E-state index is 11.6. The quantitative estimate of drug-likeness (QED) is 0.564. The molecule has 0 unspecified atom stereocenters. The number of hydrogen-bond donors (Lipinski definition) is 0. The number of rotatable bonds is 0. The molecule has 0 saturated carbocycles. The van der Waals surface area contributed by atoms with E-state index >= 15 is 0 Å². The van der Waals surface area contributed by atoms with Crippen LogP contribution in [0.5, 0.6) is 0 Å². The zero-order chi connectivity index (χ0) is 9.71. The van der Waals surface area contributed by atoms with Gasteiger partial charge in [-0.05, 0) is 12.1 Å². The molecule has 14 heavy (non-hydrogen) atoms. The highest BCUT2D eigenvalue weighted by Gasteiger charge is 2.07. The van der Waals surface area contributed by atoms with Gasteiger partial charge in [0, 0.05) is 18.5 Å². The van der Waals surface area contributed by atoms with Crippen molar-refractivity contribution in [2.24, 2.45) is 7.05 Å². The molecule has 0 N–H and O–H groups in total. The molecule has 1 aromatic carbocycles. The van der Waals surface area contributed by atoms with E-state index in [1.807, 2.05) is 18.2 Å². The van der Waals surface area contributed by atoms with E-state index in [0.29, 0.717) is 0 Å². The van der Waals surface area contributed by atoms with Gasteiger partial charge in [0.2, 0.25) is 0 Å². The first-order chi connectivity index (χ1) is 6.75. The summed E-state index contributed by atoms with van der Waals surface area (Å²) >= 11 is 1.44. The van der Waals surface area contributed by atoms with Gasteiger partial charge >= 0.3 is 0 Å². The number of nitrogens with zero attached hydrogens (tertiary/aromatic N) is 1. The van der Waals surface area contributed by atoms with Crippen molar-refractivity contribution in [1.82, 2.24) is 3.96 Å². The van der Waals surface area contributed by atoms with Crippen LogP contribution in [-0.4, -0.2) is 3.96 Å². The second-order valence-corrected chi connectivity index (χ2v) is 4.37. The summed E-state index contributed by atoms with van der Waals surface area (Å²) in [4.78, 5) is 11.6. The Labute approximate surface area is 83.3 Å². The van der Waals surface area contributed by atoms with Crippen LogP contribution in [0.15, 0.2) is 33.7 Å². The molecule has 70 valence electrons. The molecular weight excluding hydrogens is 198 g/mol. The van der Waals surface area contributed by atoms with Crippen molar-refractivity contribution in [2.45, 2.75) is 0 Å².